The summed E-state index contributed by atoms with van der Waals surface area (Å²) in [6.07, 6.45) is 0. The second-order valence-electron chi connectivity index (χ2n) is 18.0. The Kier molecular flexibility index (Phi) is 11.4. The molecule has 0 aliphatic heterocycles. The molecule has 9 aromatic carbocycles. The molecule has 0 fully saturated rings. The van der Waals surface area contributed by atoms with Crippen molar-refractivity contribution in [3.8, 4) is 114 Å². The van der Waals surface area contributed by atoms with E-state index in [0.717, 1.165) is 83.5 Å². The first-order chi connectivity index (χ1) is 37.1. The van der Waals surface area contributed by atoms with Crippen molar-refractivity contribution in [2.45, 2.75) is 0 Å². The van der Waals surface area contributed by atoms with Crippen LogP contribution in [0, 0.1) is 11.3 Å². The molecule has 0 N–H and O–H groups in total. The molecule has 0 bridgehead atoms. The number of aromatic nitrogens is 8. The molecule has 0 aliphatic carbocycles. The van der Waals surface area contributed by atoms with E-state index in [0.29, 0.717) is 51.5 Å². The van der Waals surface area contributed by atoms with Gasteiger partial charge in [-0.1, -0.05) is 200 Å². The number of nitrogens with zero attached hydrogens (tertiary/aromatic N) is 9. The highest BCUT2D eigenvalue weighted by atomic mass is 15.0. The van der Waals surface area contributed by atoms with E-state index in [9.17, 15) is 5.26 Å². The fraction of sp³-hybridized carbons (Fsp3) is 0. The van der Waals surface area contributed by atoms with Crippen LogP contribution in [0.4, 0.5) is 0 Å². The highest BCUT2D eigenvalue weighted by Crippen LogP contribution is 2.43. The first-order valence-electron chi connectivity index (χ1n) is 24.6. The number of hydrogen-bond donors (Lipinski definition) is 0. The van der Waals surface area contributed by atoms with Gasteiger partial charge in [-0.15, -0.1) is 0 Å². The number of hydrogen-bond acceptors (Lipinski definition) is 8. The minimum atomic E-state index is 0.398. The van der Waals surface area contributed by atoms with Crippen LogP contribution in [0.3, 0.4) is 0 Å². The van der Waals surface area contributed by atoms with E-state index in [1.54, 1.807) is 0 Å². The monoisotopic (exact) mass is 959 g/mol. The molecule has 0 radical (unpaired) electrons. The molecule has 13 rings (SSSR count). The SMILES string of the molecule is N#Cc1cc(-c2nc(-c3ccccc3)cc(-c3ccccc3)n2)c(-n2c3ccccc3c3cc(-c4nc(-c5ccccc5)nc(-c5ccccc5)n4)ccc32)c(-c2nc(-c3ccccc3)cc(-c3ccccc3)n2)c1. The first-order valence-corrected chi connectivity index (χ1v) is 24.6. The largest absolute Gasteiger partial charge is 0.308 e. The van der Waals surface area contributed by atoms with Crippen LogP contribution in [0.1, 0.15) is 5.56 Å². The van der Waals surface area contributed by atoms with Gasteiger partial charge in [0, 0.05) is 60.8 Å². The average molecular weight is 960 g/mol. The van der Waals surface area contributed by atoms with E-state index in [-0.39, 0.29) is 0 Å². The Hall–Kier alpha value is -10.6. The predicted octanol–water partition coefficient (Wildman–Crippen LogP) is 15.4. The Morgan fingerprint density at radius 3 is 1.03 bits per heavy atom. The lowest BCUT2D eigenvalue weighted by atomic mass is 9.99. The predicted molar refractivity (Wildman–Crippen MR) is 299 cm³/mol. The number of nitriles is 1. The average Bonchev–Trinajstić information content (AvgIpc) is 3.85. The van der Waals surface area contributed by atoms with Crippen LogP contribution in [0.5, 0.6) is 0 Å². The van der Waals surface area contributed by atoms with Crippen LogP contribution in [-0.2, 0) is 0 Å². The van der Waals surface area contributed by atoms with E-state index in [4.69, 9.17) is 34.9 Å². The van der Waals surface area contributed by atoms with Gasteiger partial charge in [0.05, 0.1) is 51.1 Å². The maximum absolute atomic E-state index is 11.0. The Labute approximate surface area is 432 Å². The molecule has 9 heteroatoms. The summed E-state index contributed by atoms with van der Waals surface area (Å²) in [5, 5.41) is 13.0. The summed E-state index contributed by atoms with van der Waals surface area (Å²) in [7, 11) is 0. The second-order valence-corrected chi connectivity index (χ2v) is 18.0. The lowest BCUT2D eigenvalue weighted by Crippen LogP contribution is -2.06. The van der Waals surface area contributed by atoms with Crippen molar-refractivity contribution in [2.24, 2.45) is 0 Å². The molecule has 0 saturated carbocycles. The highest BCUT2D eigenvalue weighted by Gasteiger charge is 2.26. The zero-order valence-electron chi connectivity index (χ0n) is 40.2. The Balaban J connectivity index is 1.12. The van der Waals surface area contributed by atoms with Crippen LogP contribution in [-0.4, -0.2) is 39.5 Å². The quantitative estimate of drug-likeness (QED) is 0.133. The van der Waals surface area contributed by atoms with Crippen LogP contribution in [0.25, 0.3) is 129 Å². The summed E-state index contributed by atoms with van der Waals surface area (Å²) in [6, 6.07) is 85.5. The highest BCUT2D eigenvalue weighted by molar-refractivity contribution is 6.11. The van der Waals surface area contributed by atoms with Gasteiger partial charge in [0.1, 0.15) is 0 Å². The number of benzene rings is 9. The summed E-state index contributed by atoms with van der Waals surface area (Å²) in [6.45, 7) is 0. The Morgan fingerprint density at radius 2 is 0.627 bits per heavy atom. The molecule has 0 amide bonds. The molecule has 4 aromatic heterocycles. The van der Waals surface area contributed by atoms with Crippen molar-refractivity contribution in [1.29, 1.82) is 5.26 Å². The van der Waals surface area contributed by atoms with Crippen molar-refractivity contribution in [2.75, 3.05) is 0 Å². The van der Waals surface area contributed by atoms with E-state index in [2.05, 4.69) is 95.6 Å². The standard InChI is InChI=1S/C66H41N9/c67-42-43-37-53(65-68-55(44-21-7-1-8-22-44)40-56(69-65)45-23-9-2-10-24-45)61(54(38-43)66-70-57(46-25-11-3-12-26-46)41-58(71-66)47-27-13-4-14-28-47)75-59-34-20-19-33-51(59)52-39-50(35-36-60(52)75)64-73-62(48-29-15-5-16-30-48)72-63(74-64)49-31-17-6-18-32-49/h1-41H. The van der Waals surface area contributed by atoms with Crippen LogP contribution in [0.15, 0.2) is 249 Å². The van der Waals surface area contributed by atoms with Gasteiger partial charge >= 0.3 is 0 Å². The lowest BCUT2D eigenvalue weighted by Gasteiger charge is -2.20. The van der Waals surface area contributed by atoms with Gasteiger partial charge in [0.2, 0.25) is 0 Å². The van der Waals surface area contributed by atoms with E-state index >= 15 is 0 Å². The Morgan fingerprint density at radius 1 is 0.280 bits per heavy atom. The molecular formula is C66H41N9. The maximum Gasteiger partial charge on any atom is 0.164 e. The summed E-state index contributed by atoms with van der Waals surface area (Å²) < 4.78 is 2.25. The van der Waals surface area contributed by atoms with Crippen LogP contribution >= 0.6 is 0 Å². The lowest BCUT2D eigenvalue weighted by molar-refractivity contribution is 1.07. The van der Waals surface area contributed by atoms with E-state index in [1.807, 2.05) is 164 Å². The number of para-hydroxylation sites is 1. The molecule has 0 unspecified atom stereocenters. The molecule has 0 saturated heterocycles. The number of fused-ring (bicyclic) bond motifs is 3. The van der Waals surface area contributed by atoms with Crippen LogP contribution < -0.4 is 0 Å². The fourth-order valence-corrected chi connectivity index (χ4v) is 9.73. The van der Waals surface area contributed by atoms with Crippen molar-refractivity contribution in [3.63, 3.8) is 0 Å². The summed E-state index contributed by atoms with van der Waals surface area (Å²) in [5.41, 5.74) is 13.4. The van der Waals surface area contributed by atoms with Crippen molar-refractivity contribution in [1.82, 2.24) is 39.5 Å². The minimum absolute atomic E-state index is 0.398. The second kappa shape index (κ2) is 19.2. The van der Waals surface area contributed by atoms with Crippen molar-refractivity contribution >= 4 is 21.8 Å². The molecule has 0 aliphatic rings. The van der Waals surface area contributed by atoms with Gasteiger partial charge in [0.25, 0.3) is 0 Å². The zero-order chi connectivity index (χ0) is 50.1. The molecule has 4 heterocycles. The van der Waals surface area contributed by atoms with Crippen molar-refractivity contribution in [3.05, 3.63) is 254 Å². The molecule has 0 spiro atoms. The molecule has 13 aromatic rings. The third kappa shape index (κ3) is 8.54. The van der Waals surface area contributed by atoms with E-state index in [1.165, 1.54) is 0 Å². The fourth-order valence-electron chi connectivity index (χ4n) is 9.73. The molecule has 75 heavy (non-hydrogen) atoms. The normalized spacial score (nSPS) is 11.2. The summed E-state index contributed by atoms with van der Waals surface area (Å²) >= 11 is 0. The third-order valence-corrected chi connectivity index (χ3v) is 13.3. The molecule has 0 atom stereocenters. The molecule has 350 valence electrons. The first kappa shape index (κ1) is 44.4. The van der Waals surface area contributed by atoms with Gasteiger partial charge in [0.15, 0.2) is 29.1 Å². The number of rotatable bonds is 10. The summed E-state index contributed by atoms with van der Waals surface area (Å²) in [5.74, 6) is 2.56. The topological polar surface area (TPSA) is 119 Å². The maximum atomic E-state index is 11.0. The van der Waals surface area contributed by atoms with Gasteiger partial charge in [-0.2, -0.15) is 5.26 Å². The molecule has 9 nitrogen and oxygen atoms in total. The third-order valence-electron chi connectivity index (χ3n) is 13.3. The van der Waals surface area contributed by atoms with Gasteiger partial charge < -0.3 is 4.57 Å². The van der Waals surface area contributed by atoms with Gasteiger partial charge in [-0.25, -0.2) is 34.9 Å². The smallest absolute Gasteiger partial charge is 0.164 e. The van der Waals surface area contributed by atoms with Gasteiger partial charge in [-0.3, -0.25) is 0 Å². The minimum Gasteiger partial charge on any atom is -0.308 e. The molecular weight excluding hydrogens is 919 g/mol. The summed E-state index contributed by atoms with van der Waals surface area (Å²) in [4.78, 5) is 36.8. The Bertz CT molecular complexity index is 3950. The van der Waals surface area contributed by atoms with Crippen molar-refractivity contribution < 1.29 is 0 Å². The zero-order valence-corrected chi connectivity index (χ0v) is 40.2. The van der Waals surface area contributed by atoms with E-state index < -0.39 is 0 Å². The van der Waals surface area contributed by atoms with Gasteiger partial charge in [-0.05, 0) is 48.5 Å². The van der Waals surface area contributed by atoms with Crippen LogP contribution in [0.2, 0.25) is 0 Å².